The number of aliphatic imine (C=N–C) groups is 2. The molecule has 2 aliphatic heterocycles. The molecule has 4 heterocycles. The molecule has 0 fully saturated rings. The lowest BCUT2D eigenvalue weighted by Crippen LogP contribution is -2.58. The highest BCUT2D eigenvalue weighted by atomic mass is 16.6. The molecule has 66 heavy (non-hydrogen) atoms. The smallest absolute Gasteiger partial charge is 0.344 e. The maximum absolute atomic E-state index is 15.6. The standard InChI is InChI=1S/C52H56N4O10/c1-47(2,3)63-43(57)35-37(45(59)65-49(7,8)9)51(61-41(35)55-29-31-21-15-13-16-22-31)33-25-19-27-53-39(33)40-34(26-20-28-54-40)52(51)38(46(60)66-50(10,11)12)36(44(58)64-48(4,5)6)42(62-52)56-30-32-23-17-14-18-24-32/h13-28H,29-30H2,1-12H3/t51-,52-/m0/s1. The second kappa shape index (κ2) is 17.1. The van der Waals surface area contributed by atoms with Crippen molar-refractivity contribution >= 4 is 35.7 Å². The fourth-order valence-corrected chi connectivity index (χ4v) is 7.97. The third-order valence-corrected chi connectivity index (χ3v) is 10.1. The second-order valence-electron chi connectivity index (χ2n) is 20.1. The van der Waals surface area contributed by atoms with E-state index in [-0.39, 0.29) is 47.4 Å². The Kier molecular flexibility index (Phi) is 12.2. The zero-order valence-corrected chi connectivity index (χ0v) is 39.5. The van der Waals surface area contributed by atoms with E-state index in [4.69, 9.17) is 48.4 Å². The molecule has 1 aliphatic carbocycles. The molecule has 2 spiro atoms. The van der Waals surface area contributed by atoms with Crippen molar-refractivity contribution in [2.75, 3.05) is 0 Å². The van der Waals surface area contributed by atoms with Crippen molar-refractivity contribution in [3.8, 4) is 11.4 Å². The highest BCUT2D eigenvalue weighted by molar-refractivity contribution is 6.27. The van der Waals surface area contributed by atoms with Crippen molar-refractivity contribution in [1.82, 2.24) is 9.97 Å². The Hall–Kier alpha value is -6.96. The lowest BCUT2D eigenvalue weighted by atomic mass is 9.61. The number of ether oxygens (including phenoxy) is 6. The molecule has 0 saturated heterocycles. The molecule has 14 nitrogen and oxygen atoms in total. The van der Waals surface area contributed by atoms with Crippen LogP contribution in [-0.4, -0.2) is 68.0 Å². The molecule has 4 aromatic rings. The topological polar surface area (TPSA) is 174 Å². The molecule has 7 rings (SSSR count). The van der Waals surface area contributed by atoms with Crippen LogP contribution in [0.1, 0.15) is 105 Å². The van der Waals surface area contributed by atoms with E-state index >= 15 is 19.2 Å². The van der Waals surface area contributed by atoms with E-state index in [0.29, 0.717) is 0 Å². The molecular weight excluding hydrogens is 841 g/mol. The van der Waals surface area contributed by atoms with E-state index in [1.165, 1.54) is 12.4 Å². The number of aromatic nitrogens is 2. The number of nitrogens with zero attached hydrogens (tertiary/aromatic N) is 4. The molecule has 2 aromatic carbocycles. The van der Waals surface area contributed by atoms with Crippen LogP contribution >= 0.6 is 0 Å². The summed E-state index contributed by atoms with van der Waals surface area (Å²) in [5, 5.41) is 0. The van der Waals surface area contributed by atoms with Gasteiger partial charge in [-0.2, -0.15) is 0 Å². The van der Waals surface area contributed by atoms with Gasteiger partial charge in [-0.25, -0.2) is 29.2 Å². The number of pyridine rings is 2. The largest absolute Gasteiger partial charge is 0.456 e. The summed E-state index contributed by atoms with van der Waals surface area (Å²) in [5.74, 6) is -4.75. The van der Waals surface area contributed by atoms with Crippen molar-refractivity contribution in [3.05, 3.63) is 142 Å². The molecule has 0 bridgehead atoms. The third-order valence-electron chi connectivity index (χ3n) is 10.1. The zero-order chi connectivity index (χ0) is 48.0. The van der Waals surface area contributed by atoms with Crippen molar-refractivity contribution in [3.63, 3.8) is 0 Å². The number of esters is 4. The summed E-state index contributed by atoms with van der Waals surface area (Å²) in [5.41, 5.74) is -9.18. The molecule has 2 atom stereocenters. The van der Waals surface area contributed by atoms with E-state index in [0.717, 1.165) is 11.1 Å². The molecule has 3 aliphatic rings. The van der Waals surface area contributed by atoms with Gasteiger partial charge in [0.25, 0.3) is 0 Å². The first-order valence-electron chi connectivity index (χ1n) is 21.7. The fourth-order valence-electron chi connectivity index (χ4n) is 7.97. The predicted octanol–water partition coefficient (Wildman–Crippen LogP) is 8.77. The van der Waals surface area contributed by atoms with Crippen LogP contribution in [0.25, 0.3) is 11.4 Å². The predicted molar refractivity (Wildman–Crippen MR) is 246 cm³/mol. The Morgan fingerprint density at radius 2 is 0.788 bits per heavy atom. The number of benzene rings is 2. The highest BCUT2D eigenvalue weighted by Gasteiger charge is 2.77. The van der Waals surface area contributed by atoms with Crippen LogP contribution in [0.5, 0.6) is 0 Å². The van der Waals surface area contributed by atoms with E-state index in [2.05, 4.69) is 0 Å². The fraction of sp³-hybridized carbons (Fsp3) is 0.385. The number of rotatable bonds is 8. The summed E-state index contributed by atoms with van der Waals surface area (Å²) in [6, 6.07) is 24.9. The maximum Gasteiger partial charge on any atom is 0.344 e. The molecule has 14 heteroatoms. The van der Waals surface area contributed by atoms with Gasteiger partial charge >= 0.3 is 23.9 Å². The van der Waals surface area contributed by atoms with E-state index < -0.39 is 79.8 Å². The summed E-state index contributed by atoms with van der Waals surface area (Å²) >= 11 is 0. The third kappa shape index (κ3) is 9.13. The molecule has 0 radical (unpaired) electrons. The Morgan fingerprint density at radius 1 is 0.470 bits per heavy atom. The number of carbonyl (C=O) groups is 4. The molecule has 2 aromatic heterocycles. The quantitative estimate of drug-likeness (QED) is 0.122. The van der Waals surface area contributed by atoms with Crippen LogP contribution in [0.3, 0.4) is 0 Å². The minimum atomic E-state index is -2.51. The summed E-state index contributed by atoms with van der Waals surface area (Å²) in [4.78, 5) is 80.8. The summed E-state index contributed by atoms with van der Waals surface area (Å²) in [7, 11) is 0. The van der Waals surface area contributed by atoms with E-state index in [1.807, 2.05) is 60.7 Å². The van der Waals surface area contributed by atoms with Gasteiger partial charge in [0.2, 0.25) is 23.0 Å². The molecule has 0 saturated carbocycles. The van der Waals surface area contributed by atoms with Gasteiger partial charge in [0.15, 0.2) is 0 Å². The molecule has 0 N–H and O–H groups in total. The van der Waals surface area contributed by atoms with Crippen LogP contribution in [0.4, 0.5) is 0 Å². The SMILES string of the molecule is CC(C)(C)OC(=O)C1=C(C(=O)OC(C)(C)C)[C@@]2(OC1=NCc1ccccc1)c1cccnc1-c1ncccc1[C@@]21OC(=NCc2ccccc2)C(C(=O)OC(C)(C)C)=C1C(=O)OC(C)(C)C. The minimum absolute atomic E-state index is 0.0340. The Labute approximate surface area is 385 Å². The average Bonchev–Trinajstić information content (AvgIpc) is 3.76. The number of fused-ring (bicyclic) bond motifs is 6. The van der Waals surface area contributed by atoms with Crippen LogP contribution in [-0.2, 0) is 71.9 Å². The molecule has 0 unspecified atom stereocenters. The van der Waals surface area contributed by atoms with Gasteiger partial charge < -0.3 is 28.4 Å². The zero-order valence-electron chi connectivity index (χ0n) is 39.5. The molecular formula is C52H56N4O10. The van der Waals surface area contributed by atoms with Crippen molar-refractivity contribution in [2.24, 2.45) is 9.98 Å². The number of carbonyl (C=O) groups excluding carboxylic acids is 4. The van der Waals surface area contributed by atoms with Gasteiger partial charge in [-0.1, -0.05) is 72.8 Å². The second-order valence-corrected chi connectivity index (χ2v) is 20.1. The van der Waals surface area contributed by atoms with Gasteiger partial charge in [0, 0.05) is 23.5 Å². The summed E-state index contributed by atoms with van der Waals surface area (Å²) in [6.45, 7) is 20.0. The van der Waals surface area contributed by atoms with Gasteiger partial charge in [-0.3, -0.25) is 9.97 Å². The van der Waals surface area contributed by atoms with Crippen molar-refractivity contribution in [2.45, 2.75) is 130 Å². The monoisotopic (exact) mass is 896 g/mol. The van der Waals surface area contributed by atoms with E-state index in [1.54, 1.807) is 107 Å². The first kappa shape index (κ1) is 47.0. The Balaban J connectivity index is 1.72. The lowest BCUT2D eigenvalue weighted by Gasteiger charge is -2.49. The van der Waals surface area contributed by atoms with Gasteiger partial charge in [-0.05, 0) is 106 Å². The maximum atomic E-state index is 15.6. The van der Waals surface area contributed by atoms with Crippen LogP contribution in [0, 0.1) is 0 Å². The van der Waals surface area contributed by atoms with Crippen molar-refractivity contribution in [1.29, 1.82) is 0 Å². The minimum Gasteiger partial charge on any atom is -0.456 e. The van der Waals surface area contributed by atoms with Gasteiger partial charge in [0.05, 0.1) is 24.5 Å². The lowest BCUT2D eigenvalue weighted by molar-refractivity contribution is -0.164. The van der Waals surface area contributed by atoms with Crippen molar-refractivity contribution < 1.29 is 47.6 Å². The Morgan fingerprint density at radius 3 is 1.11 bits per heavy atom. The van der Waals surface area contributed by atoms with Crippen LogP contribution in [0.2, 0.25) is 0 Å². The van der Waals surface area contributed by atoms with Gasteiger partial charge in [-0.15, -0.1) is 0 Å². The van der Waals surface area contributed by atoms with Crippen LogP contribution < -0.4 is 0 Å². The summed E-state index contributed by atoms with van der Waals surface area (Å²) < 4.78 is 39.3. The van der Waals surface area contributed by atoms with Crippen LogP contribution in [0.15, 0.2) is 130 Å². The van der Waals surface area contributed by atoms with E-state index in [9.17, 15) is 0 Å². The number of hydrogen-bond acceptors (Lipinski definition) is 14. The summed E-state index contributed by atoms with van der Waals surface area (Å²) in [6.07, 6.45) is 3.07. The normalized spacial score (nSPS) is 20.5. The first-order valence-corrected chi connectivity index (χ1v) is 21.7. The highest BCUT2D eigenvalue weighted by Crippen LogP contribution is 2.66. The number of hydrogen-bond donors (Lipinski definition) is 0. The molecule has 344 valence electrons. The first-order chi connectivity index (χ1) is 30.9. The average molecular weight is 897 g/mol. The molecule has 0 amide bonds. The Bertz CT molecular complexity index is 2530. The van der Waals surface area contributed by atoms with Gasteiger partial charge in [0.1, 0.15) is 44.7 Å².